The zero-order valence-electron chi connectivity index (χ0n) is 19.6. The van der Waals surface area contributed by atoms with Crippen molar-refractivity contribution in [2.24, 2.45) is 5.41 Å². The molecule has 0 bridgehead atoms. The van der Waals surface area contributed by atoms with Gasteiger partial charge in [-0.3, -0.25) is 9.69 Å². The van der Waals surface area contributed by atoms with Gasteiger partial charge in [0.2, 0.25) is 0 Å². The number of rotatable bonds is 6. The molecular weight excluding hydrogens is 454 g/mol. The molecule has 0 radical (unpaired) electrons. The maximum absolute atomic E-state index is 12.8. The summed E-state index contributed by atoms with van der Waals surface area (Å²) >= 11 is 0. The number of carbonyl (C=O) groups excluding carboxylic acids is 1. The van der Waals surface area contributed by atoms with Crippen LogP contribution in [0.3, 0.4) is 0 Å². The van der Waals surface area contributed by atoms with Crippen molar-refractivity contribution in [3.8, 4) is 0 Å². The first kappa shape index (κ1) is 23.3. The monoisotopic (exact) mass is 487 g/mol. The van der Waals surface area contributed by atoms with Gasteiger partial charge in [0, 0.05) is 57.9 Å². The van der Waals surface area contributed by atoms with Crippen molar-refractivity contribution in [1.82, 2.24) is 19.2 Å². The van der Waals surface area contributed by atoms with E-state index in [1.807, 2.05) is 0 Å². The number of nitrogens with zero attached hydrogens (tertiary/aromatic N) is 4. The van der Waals surface area contributed by atoms with E-state index in [4.69, 9.17) is 4.74 Å². The first-order chi connectivity index (χ1) is 16.4. The minimum absolute atomic E-state index is 0.0848. The fourth-order valence-electron chi connectivity index (χ4n) is 5.40. The Morgan fingerprint density at radius 2 is 1.79 bits per heavy atom. The molecule has 0 unspecified atom stereocenters. The van der Waals surface area contributed by atoms with Crippen LogP contribution in [-0.4, -0.2) is 85.5 Å². The number of cyclic esters (lactones) is 1. The molecule has 3 saturated heterocycles. The second kappa shape index (κ2) is 9.31. The number of ether oxygens (including phenoxy) is 1. The number of imidazole rings is 1. The van der Waals surface area contributed by atoms with Gasteiger partial charge in [-0.1, -0.05) is 17.7 Å². The molecule has 2 aromatic rings. The van der Waals surface area contributed by atoms with Gasteiger partial charge in [0.1, 0.15) is 6.10 Å². The molecule has 9 nitrogen and oxygen atoms in total. The lowest BCUT2D eigenvalue weighted by atomic mass is 9.76. The summed E-state index contributed by atoms with van der Waals surface area (Å²) in [5, 5.41) is 0.0952. The number of carbonyl (C=O) groups is 1. The quantitative estimate of drug-likeness (QED) is 0.623. The van der Waals surface area contributed by atoms with Gasteiger partial charge in [0.05, 0.1) is 17.9 Å². The molecule has 0 aliphatic carbocycles. The standard InChI is InChI=1S/C24H33N5O4S/c1-19-2-4-20(5-3-19)28-14-12-27(13-15-28)9-6-21-16-24(23(30)33-21)7-10-29(11-8-24)34(31,32)22-17-25-18-26-22/h2-5,17-18,21H,6-16H2,1H3,(H,25,26)/t21-/m1/s1. The summed E-state index contributed by atoms with van der Waals surface area (Å²) in [6.07, 6.45) is 5.12. The van der Waals surface area contributed by atoms with E-state index in [0.717, 1.165) is 39.1 Å². The van der Waals surface area contributed by atoms with Crippen LogP contribution in [0.4, 0.5) is 5.69 Å². The van der Waals surface area contributed by atoms with Crippen molar-refractivity contribution < 1.29 is 17.9 Å². The third-order valence-electron chi connectivity index (χ3n) is 7.63. The van der Waals surface area contributed by atoms with E-state index in [2.05, 4.69) is 51.0 Å². The maximum Gasteiger partial charge on any atom is 0.312 e. The highest BCUT2D eigenvalue weighted by Crippen LogP contribution is 2.44. The molecule has 1 N–H and O–H groups in total. The van der Waals surface area contributed by atoms with Crippen molar-refractivity contribution in [3.63, 3.8) is 0 Å². The predicted molar refractivity (Wildman–Crippen MR) is 128 cm³/mol. The van der Waals surface area contributed by atoms with Crippen LogP contribution in [0, 0.1) is 12.3 Å². The van der Waals surface area contributed by atoms with Crippen molar-refractivity contribution in [1.29, 1.82) is 0 Å². The summed E-state index contributed by atoms with van der Waals surface area (Å²) in [5.74, 6) is -0.153. The number of aromatic nitrogens is 2. The number of esters is 1. The Bertz CT molecular complexity index is 1090. The number of piperazine rings is 1. The molecule has 3 fully saturated rings. The SMILES string of the molecule is Cc1ccc(N2CCN(CC[C@@H]3CC4(CCN(S(=O)(=O)c5cnc[nH]5)CC4)C(=O)O3)CC2)cc1. The van der Waals surface area contributed by atoms with E-state index in [-0.39, 0.29) is 17.1 Å². The predicted octanol–water partition coefficient (Wildman–Crippen LogP) is 2.02. The van der Waals surface area contributed by atoms with Crippen LogP contribution in [0.5, 0.6) is 0 Å². The van der Waals surface area contributed by atoms with Gasteiger partial charge in [-0.25, -0.2) is 13.4 Å². The molecular formula is C24H33N5O4S. The normalized spacial score (nSPS) is 24.0. The fraction of sp³-hybridized carbons (Fsp3) is 0.583. The van der Waals surface area contributed by atoms with Crippen LogP contribution in [0.15, 0.2) is 41.8 Å². The maximum atomic E-state index is 12.8. The first-order valence-electron chi connectivity index (χ1n) is 12.1. The number of piperidine rings is 1. The Balaban J connectivity index is 1.09. The number of H-pyrrole nitrogens is 1. The molecule has 1 atom stereocenters. The van der Waals surface area contributed by atoms with Crippen LogP contribution in [-0.2, 0) is 19.6 Å². The van der Waals surface area contributed by atoms with Crippen LogP contribution >= 0.6 is 0 Å². The van der Waals surface area contributed by atoms with Gasteiger partial charge in [-0.2, -0.15) is 4.31 Å². The number of sulfonamides is 1. The first-order valence-corrected chi connectivity index (χ1v) is 13.5. The number of anilines is 1. The lowest BCUT2D eigenvalue weighted by Crippen LogP contribution is -2.47. The molecule has 10 heteroatoms. The van der Waals surface area contributed by atoms with E-state index in [1.165, 1.54) is 28.1 Å². The summed E-state index contributed by atoms with van der Waals surface area (Å²) in [6, 6.07) is 8.69. The van der Waals surface area contributed by atoms with Gasteiger partial charge in [-0.05, 0) is 38.3 Å². The molecule has 3 aliphatic rings. The van der Waals surface area contributed by atoms with E-state index in [9.17, 15) is 13.2 Å². The second-order valence-corrected chi connectivity index (χ2v) is 11.7. The number of hydrogen-bond donors (Lipinski definition) is 1. The highest BCUT2D eigenvalue weighted by molar-refractivity contribution is 7.89. The van der Waals surface area contributed by atoms with Gasteiger partial charge in [0.15, 0.2) is 5.03 Å². The van der Waals surface area contributed by atoms with Crippen molar-refractivity contribution in [2.45, 2.75) is 43.7 Å². The molecule has 1 aromatic carbocycles. The molecule has 5 rings (SSSR count). The van der Waals surface area contributed by atoms with Crippen molar-refractivity contribution in [3.05, 3.63) is 42.4 Å². The van der Waals surface area contributed by atoms with E-state index in [1.54, 1.807) is 0 Å². The van der Waals surface area contributed by atoms with Gasteiger partial charge in [0.25, 0.3) is 10.0 Å². The van der Waals surface area contributed by atoms with E-state index < -0.39 is 15.4 Å². The summed E-state index contributed by atoms with van der Waals surface area (Å²) in [4.78, 5) is 24.2. The smallest absolute Gasteiger partial charge is 0.312 e. The Morgan fingerprint density at radius 3 is 2.44 bits per heavy atom. The number of benzene rings is 1. The molecule has 1 aromatic heterocycles. The minimum Gasteiger partial charge on any atom is -0.462 e. The van der Waals surface area contributed by atoms with Crippen LogP contribution in [0.25, 0.3) is 0 Å². The summed E-state index contributed by atoms with van der Waals surface area (Å²) in [7, 11) is -3.59. The molecule has 0 saturated carbocycles. The average molecular weight is 488 g/mol. The summed E-state index contributed by atoms with van der Waals surface area (Å²) in [5.41, 5.74) is 2.00. The van der Waals surface area contributed by atoms with Crippen molar-refractivity contribution in [2.75, 3.05) is 50.7 Å². The zero-order chi connectivity index (χ0) is 23.8. The van der Waals surface area contributed by atoms with Gasteiger partial charge < -0.3 is 14.6 Å². The number of nitrogens with one attached hydrogen (secondary N) is 1. The molecule has 34 heavy (non-hydrogen) atoms. The molecule has 4 heterocycles. The van der Waals surface area contributed by atoms with Crippen molar-refractivity contribution >= 4 is 21.7 Å². The number of hydrogen-bond acceptors (Lipinski definition) is 7. The third kappa shape index (κ3) is 4.58. The molecule has 0 amide bonds. The zero-order valence-corrected chi connectivity index (χ0v) is 20.5. The summed E-state index contributed by atoms with van der Waals surface area (Å²) in [6.45, 7) is 7.66. The Kier molecular flexibility index (Phi) is 6.39. The Morgan fingerprint density at radius 1 is 1.09 bits per heavy atom. The van der Waals surface area contributed by atoms with E-state index in [0.29, 0.717) is 32.4 Å². The Labute approximate surface area is 201 Å². The average Bonchev–Trinajstić information content (AvgIpc) is 3.49. The van der Waals surface area contributed by atoms with Gasteiger partial charge in [-0.15, -0.1) is 0 Å². The van der Waals surface area contributed by atoms with Crippen LogP contribution in [0.2, 0.25) is 0 Å². The fourth-order valence-corrected chi connectivity index (χ4v) is 6.73. The highest BCUT2D eigenvalue weighted by atomic mass is 32.2. The topological polar surface area (TPSA) is 98.8 Å². The van der Waals surface area contributed by atoms with E-state index >= 15 is 0 Å². The highest BCUT2D eigenvalue weighted by Gasteiger charge is 2.51. The second-order valence-electron chi connectivity index (χ2n) is 9.78. The number of aryl methyl sites for hydroxylation is 1. The van der Waals surface area contributed by atoms with Crippen LogP contribution in [0.1, 0.15) is 31.2 Å². The van der Waals surface area contributed by atoms with Crippen LogP contribution < -0.4 is 4.90 Å². The largest absolute Gasteiger partial charge is 0.462 e. The van der Waals surface area contributed by atoms with Gasteiger partial charge >= 0.3 is 5.97 Å². The number of aromatic amines is 1. The molecule has 184 valence electrons. The molecule has 3 aliphatic heterocycles. The lowest BCUT2D eigenvalue weighted by molar-refractivity contribution is -0.150. The third-order valence-corrected chi connectivity index (χ3v) is 9.46. The lowest BCUT2D eigenvalue weighted by Gasteiger charge is -2.36. The summed E-state index contributed by atoms with van der Waals surface area (Å²) < 4.78 is 32.7. The minimum atomic E-state index is -3.59. The molecule has 1 spiro atoms. The Hall–Kier alpha value is -2.43.